The highest BCUT2D eigenvalue weighted by Gasteiger charge is 2.26. The molecule has 0 heterocycles. The van der Waals surface area contributed by atoms with E-state index in [2.05, 4.69) is 31.3 Å². The topological polar surface area (TPSA) is 12.0 Å². The van der Waals surface area contributed by atoms with Gasteiger partial charge in [-0.15, -0.1) is 0 Å². The maximum absolute atomic E-state index is 6.17. The summed E-state index contributed by atoms with van der Waals surface area (Å²) in [5, 5.41) is 4.60. The van der Waals surface area contributed by atoms with Crippen LogP contribution in [0.1, 0.15) is 56.2 Å². The van der Waals surface area contributed by atoms with Crippen molar-refractivity contribution in [1.29, 1.82) is 0 Å². The van der Waals surface area contributed by atoms with Gasteiger partial charge in [-0.3, -0.25) is 0 Å². The zero-order valence-corrected chi connectivity index (χ0v) is 12.3. The Morgan fingerprint density at radius 3 is 2.72 bits per heavy atom. The summed E-state index contributed by atoms with van der Waals surface area (Å²) in [6.07, 6.45) is 6.66. The van der Waals surface area contributed by atoms with Crippen LogP contribution in [0.4, 0.5) is 0 Å². The van der Waals surface area contributed by atoms with Crippen LogP contribution in [0.5, 0.6) is 0 Å². The number of rotatable bonds is 5. The van der Waals surface area contributed by atoms with Crippen molar-refractivity contribution in [2.45, 2.75) is 52.0 Å². The molecule has 1 aromatic rings. The van der Waals surface area contributed by atoms with Crippen LogP contribution in [0.2, 0.25) is 5.02 Å². The van der Waals surface area contributed by atoms with Crippen LogP contribution in [-0.2, 0) is 0 Å². The van der Waals surface area contributed by atoms with Crippen molar-refractivity contribution >= 4 is 11.6 Å². The molecule has 100 valence electrons. The molecule has 18 heavy (non-hydrogen) atoms. The quantitative estimate of drug-likeness (QED) is 0.800. The molecule has 1 N–H and O–H groups in total. The lowest BCUT2D eigenvalue weighted by Crippen LogP contribution is -2.28. The molecule has 1 unspecified atom stereocenters. The number of hydrogen-bond acceptors (Lipinski definition) is 1. The summed E-state index contributed by atoms with van der Waals surface area (Å²) < 4.78 is 0. The Morgan fingerprint density at radius 1 is 1.33 bits per heavy atom. The van der Waals surface area contributed by atoms with Gasteiger partial charge in [0, 0.05) is 11.1 Å². The first kappa shape index (κ1) is 13.9. The summed E-state index contributed by atoms with van der Waals surface area (Å²) in [5.41, 5.74) is 2.77. The molecule has 1 nitrogen and oxygen atoms in total. The Kier molecular flexibility index (Phi) is 5.08. The second kappa shape index (κ2) is 6.58. The zero-order valence-electron chi connectivity index (χ0n) is 11.5. The summed E-state index contributed by atoms with van der Waals surface area (Å²) in [4.78, 5) is 0. The molecule has 0 radical (unpaired) electrons. The lowest BCUT2D eigenvalue weighted by Gasteiger charge is -2.27. The molecule has 0 saturated heterocycles. The van der Waals surface area contributed by atoms with E-state index in [0.29, 0.717) is 6.04 Å². The molecule has 1 atom stereocenters. The smallest absolute Gasteiger partial charge is 0.0409 e. The molecule has 0 amide bonds. The van der Waals surface area contributed by atoms with Crippen molar-refractivity contribution < 1.29 is 0 Å². The summed E-state index contributed by atoms with van der Waals surface area (Å²) in [5.74, 6) is 0.786. The number of halogens is 1. The minimum absolute atomic E-state index is 0.492. The van der Waals surface area contributed by atoms with E-state index in [1.165, 1.54) is 43.2 Å². The molecule has 1 aliphatic rings. The predicted octanol–water partition coefficient (Wildman–Crippen LogP) is 4.88. The largest absolute Gasteiger partial charge is 0.310 e. The zero-order chi connectivity index (χ0) is 13.0. The van der Waals surface area contributed by atoms with E-state index < -0.39 is 0 Å². The lowest BCUT2D eigenvalue weighted by atomic mass is 9.89. The van der Waals surface area contributed by atoms with Crippen molar-refractivity contribution in [2.75, 3.05) is 6.54 Å². The number of hydrogen-bond donors (Lipinski definition) is 1. The van der Waals surface area contributed by atoms with Gasteiger partial charge >= 0.3 is 0 Å². The van der Waals surface area contributed by atoms with Crippen molar-refractivity contribution in [3.63, 3.8) is 0 Å². The highest BCUT2D eigenvalue weighted by atomic mass is 35.5. The van der Waals surface area contributed by atoms with Gasteiger partial charge in [-0.2, -0.15) is 0 Å². The second-order valence-electron chi connectivity index (χ2n) is 5.48. The van der Waals surface area contributed by atoms with E-state index in [4.69, 9.17) is 11.6 Å². The first-order valence-corrected chi connectivity index (χ1v) is 7.59. The fourth-order valence-corrected chi connectivity index (χ4v) is 3.25. The van der Waals surface area contributed by atoms with Crippen LogP contribution in [0.15, 0.2) is 18.2 Å². The fraction of sp³-hybridized carbons (Fsp3) is 0.625. The van der Waals surface area contributed by atoms with Crippen LogP contribution >= 0.6 is 11.6 Å². The van der Waals surface area contributed by atoms with E-state index in [-0.39, 0.29) is 0 Å². The molecule has 1 aromatic carbocycles. The van der Waals surface area contributed by atoms with Gasteiger partial charge in [0.1, 0.15) is 0 Å². The van der Waals surface area contributed by atoms with Gasteiger partial charge in [-0.05, 0) is 61.9 Å². The average Bonchev–Trinajstić information content (AvgIpc) is 2.88. The summed E-state index contributed by atoms with van der Waals surface area (Å²) in [6.45, 7) is 5.51. The van der Waals surface area contributed by atoms with Gasteiger partial charge < -0.3 is 5.32 Å². The van der Waals surface area contributed by atoms with Crippen LogP contribution in [0, 0.1) is 12.8 Å². The van der Waals surface area contributed by atoms with Crippen LogP contribution in [-0.4, -0.2) is 6.54 Å². The third-order valence-electron chi connectivity index (χ3n) is 4.06. The second-order valence-corrected chi connectivity index (χ2v) is 5.91. The molecular weight excluding hydrogens is 242 g/mol. The molecule has 1 saturated carbocycles. The number of aryl methyl sites for hydroxylation is 1. The first-order chi connectivity index (χ1) is 8.72. The van der Waals surface area contributed by atoms with Gasteiger partial charge in [0.25, 0.3) is 0 Å². The minimum Gasteiger partial charge on any atom is -0.310 e. The summed E-state index contributed by atoms with van der Waals surface area (Å²) >= 11 is 6.17. The van der Waals surface area contributed by atoms with Crippen LogP contribution < -0.4 is 5.32 Å². The van der Waals surface area contributed by atoms with E-state index in [0.717, 1.165) is 17.5 Å². The number of benzene rings is 1. The third-order valence-corrected chi connectivity index (χ3v) is 4.30. The molecule has 0 spiro atoms. The van der Waals surface area contributed by atoms with Crippen LogP contribution in [0.3, 0.4) is 0 Å². The van der Waals surface area contributed by atoms with E-state index in [1.54, 1.807) is 0 Å². The molecule has 0 bridgehead atoms. The van der Waals surface area contributed by atoms with Crippen molar-refractivity contribution in [2.24, 2.45) is 5.92 Å². The van der Waals surface area contributed by atoms with Crippen molar-refractivity contribution in [3.8, 4) is 0 Å². The van der Waals surface area contributed by atoms with Gasteiger partial charge in [0.2, 0.25) is 0 Å². The standard InChI is InChI=1S/C16H24ClN/c1-3-10-18-16(13-6-4-5-7-13)15-11-14(17)9-8-12(15)2/h8-9,11,13,16,18H,3-7,10H2,1-2H3. The molecule has 2 rings (SSSR count). The Labute approximate surface area is 116 Å². The highest BCUT2D eigenvalue weighted by Crippen LogP contribution is 2.37. The van der Waals surface area contributed by atoms with Gasteiger partial charge in [-0.25, -0.2) is 0 Å². The Bertz CT molecular complexity index is 383. The Balaban J connectivity index is 2.23. The SMILES string of the molecule is CCCNC(c1cc(Cl)ccc1C)C1CCCC1. The molecule has 0 aromatic heterocycles. The average molecular weight is 266 g/mol. The van der Waals surface area contributed by atoms with Crippen molar-refractivity contribution in [1.82, 2.24) is 5.32 Å². The van der Waals surface area contributed by atoms with Gasteiger partial charge in [0.05, 0.1) is 0 Å². The first-order valence-electron chi connectivity index (χ1n) is 7.21. The van der Waals surface area contributed by atoms with Crippen LogP contribution in [0.25, 0.3) is 0 Å². The van der Waals surface area contributed by atoms with Crippen molar-refractivity contribution in [3.05, 3.63) is 34.3 Å². The maximum atomic E-state index is 6.17. The Morgan fingerprint density at radius 2 is 2.06 bits per heavy atom. The monoisotopic (exact) mass is 265 g/mol. The van der Waals surface area contributed by atoms with E-state index in [1.807, 2.05) is 6.07 Å². The van der Waals surface area contributed by atoms with Gasteiger partial charge in [0.15, 0.2) is 0 Å². The highest BCUT2D eigenvalue weighted by molar-refractivity contribution is 6.30. The molecule has 0 aliphatic heterocycles. The molecule has 2 heteroatoms. The van der Waals surface area contributed by atoms with E-state index >= 15 is 0 Å². The predicted molar refractivity (Wildman–Crippen MR) is 79.2 cm³/mol. The lowest BCUT2D eigenvalue weighted by molar-refractivity contribution is 0.367. The third kappa shape index (κ3) is 3.27. The normalized spacial score (nSPS) is 18.2. The molecular formula is C16H24ClN. The maximum Gasteiger partial charge on any atom is 0.0409 e. The molecule has 1 aliphatic carbocycles. The fourth-order valence-electron chi connectivity index (χ4n) is 3.07. The van der Waals surface area contributed by atoms with Gasteiger partial charge in [-0.1, -0.05) is 37.4 Å². The Hall–Kier alpha value is -0.530. The summed E-state index contributed by atoms with van der Waals surface area (Å²) in [7, 11) is 0. The molecule has 1 fully saturated rings. The number of nitrogens with one attached hydrogen (secondary N) is 1. The summed E-state index contributed by atoms with van der Waals surface area (Å²) in [6, 6.07) is 6.79. The van der Waals surface area contributed by atoms with E-state index in [9.17, 15) is 0 Å². The minimum atomic E-state index is 0.492.